The van der Waals surface area contributed by atoms with E-state index in [0.29, 0.717) is 4.68 Å². The minimum atomic E-state index is -5.65. The SMILES string of the molecule is Cn1nc(C(C)(C)C)c(Br)c1C(F)(F)C(F)(F)F. The molecule has 0 aliphatic rings. The molecular weight excluding hydrogens is 323 g/mol. The van der Waals surface area contributed by atoms with Crippen molar-refractivity contribution in [1.29, 1.82) is 0 Å². The van der Waals surface area contributed by atoms with E-state index in [4.69, 9.17) is 0 Å². The average Bonchev–Trinajstić information content (AvgIpc) is 2.38. The normalized spacial score (nSPS) is 14.1. The number of hydrogen-bond donors (Lipinski definition) is 0. The molecule has 18 heavy (non-hydrogen) atoms. The summed E-state index contributed by atoms with van der Waals surface area (Å²) in [5.41, 5.74) is -1.67. The Balaban J connectivity index is 3.50. The Hall–Kier alpha value is -0.660. The summed E-state index contributed by atoms with van der Waals surface area (Å²) in [6, 6.07) is 0. The van der Waals surface area contributed by atoms with Gasteiger partial charge in [0.2, 0.25) is 0 Å². The summed E-state index contributed by atoms with van der Waals surface area (Å²) in [5, 5.41) is 3.75. The van der Waals surface area contributed by atoms with Crippen LogP contribution in [0.4, 0.5) is 22.0 Å². The van der Waals surface area contributed by atoms with Crippen LogP contribution in [0.2, 0.25) is 0 Å². The molecule has 2 nitrogen and oxygen atoms in total. The van der Waals surface area contributed by atoms with Crippen molar-refractivity contribution in [3.8, 4) is 0 Å². The fourth-order valence-corrected chi connectivity index (χ4v) is 2.63. The quantitative estimate of drug-likeness (QED) is 0.706. The van der Waals surface area contributed by atoms with Gasteiger partial charge in [0.25, 0.3) is 0 Å². The van der Waals surface area contributed by atoms with Crippen molar-refractivity contribution in [2.24, 2.45) is 7.05 Å². The molecule has 0 N–H and O–H groups in total. The molecule has 0 saturated carbocycles. The van der Waals surface area contributed by atoms with Crippen LogP contribution >= 0.6 is 15.9 Å². The lowest BCUT2D eigenvalue weighted by Crippen LogP contribution is -2.35. The zero-order chi connectivity index (χ0) is 14.5. The van der Waals surface area contributed by atoms with E-state index in [-0.39, 0.29) is 10.2 Å². The van der Waals surface area contributed by atoms with Gasteiger partial charge in [0.15, 0.2) is 0 Å². The summed E-state index contributed by atoms with van der Waals surface area (Å²) in [7, 11) is 1.06. The fraction of sp³-hybridized carbons (Fsp3) is 0.700. The Labute approximate surface area is 109 Å². The maximum atomic E-state index is 13.4. The number of halogens is 6. The summed E-state index contributed by atoms with van der Waals surface area (Å²) < 4.78 is 64.1. The highest BCUT2D eigenvalue weighted by Gasteiger charge is 2.61. The lowest BCUT2D eigenvalue weighted by atomic mass is 9.92. The maximum absolute atomic E-state index is 13.4. The smallest absolute Gasteiger partial charge is 0.265 e. The standard InChI is InChI=1S/C10H12BrF5N2/c1-8(2,3)6-5(11)7(18(4)17-6)9(12,13)10(14,15)16/h1-4H3. The monoisotopic (exact) mass is 334 g/mol. The molecular formula is C10H12BrF5N2. The van der Waals surface area contributed by atoms with Gasteiger partial charge in [0.1, 0.15) is 5.69 Å². The molecule has 1 aromatic rings. The number of rotatable bonds is 1. The third-order valence-corrected chi connectivity index (χ3v) is 3.10. The van der Waals surface area contributed by atoms with Crippen molar-refractivity contribution in [2.75, 3.05) is 0 Å². The first kappa shape index (κ1) is 15.4. The van der Waals surface area contributed by atoms with E-state index in [1.54, 1.807) is 20.8 Å². The molecule has 0 aromatic carbocycles. The Morgan fingerprint density at radius 2 is 1.50 bits per heavy atom. The van der Waals surface area contributed by atoms with Gasteiger partial charge in [0.05, 0.1) is 10.2 Å². The van der Waals surface area contributed by atoms with Gasteiger partial charge in [-0.05, 0) is 15.9 Å². The van der Waals surface area contributed by atoms with E-state index in [1.165, 1.54) is 0 Å². The number of nitrogens with zero attached hydrogens (tertiary/aromatic N) is 2. The van der Waals surface area contributed by atoms with E-state index in [0.717, 1.165) is 7.05 Å². The second kappa shape index (κ2) is 4.18. The number of alkyl halides is 5. The molecule has 0 atom stereocenters. The van der Waals surface area contributed by atoms with Gasteiger partial charge < -0.3 is 0 Å². The molecule has 0 saturated heterocycles. The van der Waals surface area contributed by atoms with Crippen molar-refractivity contribution in [1.82, 2.24) is 9.78 Å². The number of hydrogen-bond acceptors (Lipinski definition) is 1. The minimum Gasteiger partial charge on any atom is -0.265 e. The number of aryl methyl sites for hydroxylation is 1. The highest BCUT2D eigenvalue weighted by molar-refractivity contribution is 9.10. The third-order valence-electron chi connectivity index (χ3n) is 2.35. The van der Waals surface area contributed by atoms with Crippen LogP contribution < -0.4 is 0 Å². The number of aromatic nitrogens is 2. The van der Waals surface area contributed by atoms with Gasteiger partial charge in [-0.2, -0.15) is 27.1 Å². The molecule has 0 amide bonds. The van der Waals surface area contributed by atoms with Gasteiger partial charge in [0, 0.05) is 12.5 Å². The Kier molecular flexibility index (Phi) is 3.57. The minimum absolute atomic E-state index is 0.156. The Morgan fingerprint density at radius 3 is 1.78 bits per heavy atom. The predicted molar refractivity (Wildman–Crippen MR) is 59.6 cm³/mol. The summed E-state index contributed by atoms with van der Waals surface area (Å²) in [6.45, 7) is 5.03. The molecule has 0 radical (unpaired) electrons. The van der Waals surface area contributed by atoms with E-state index in [9.17, 15) is 22.0 Å². The van der Waals surface area contributed by atoms with Crippen molar-refractivity contribution >= 4 is 15.9 Å². The average molecular weight is 335 g/mol. The van der Waals surface area contributed by atoms with Crippen molar-refractivity contribution in [2.45, 2.75) is 38.3 Å². The molecule has 1 rings (SSSR count). The molecule has 0 unspecified atom stereocenters. The van der Waals surface area contributed by atoms with E-state index >= 15 is 0 Å². The van der Waals surface area contributed by atoms with E-state index in [2.05, 4.69) is 21.0 Å². The highest BCUT2D eigenvalue weighted by Crippen LogP contribution is 2.47. The van der Waals surface area contributed by atoms with Gasteiger partial charge in [-0.25, -0.2) is 0 Å². The Bertz CT molecular complexity index is 456. The second-order valence-electron chi connectivity index (χ2n) is 4.96. The van der Waals surface area contributed by atoms with Crippen LogP contribution in [-0.2, 0) is 18.4 Å². The van der Waals surface area contributed by atoms with Gasteiger partial charge in [-0.15, -0.1) is 0 Å². The van der Waals surface area contributed by atoms with E-state index in [1.807, 2.05) is 0 Å². The molecule has 104 valence electrons. The molecule has 0 bridgehead atoms. The topological polar surface area (TPSA) is 17.8 Å². The zero-order valence-electron chi connectivity index (χ0n) is 10.2. The first-order valence-electron chi connectivity index (χ1n) is 4.98. The van der Waals surface area contributed by atoms with E-state index < -0.39 is 23.2 Å². The van der Waals surface area contributed by atoms with Crippen molar-refractivity contribution < 1.29 is 22.0 Å². The van der Waals surface area contributed by atoms with Crippen LogP contribution in [0.3, 0.4) is 0 Å². The van der Waals surface area contributed by atoms with Crippen LogP contribution in [0.5, 0.6) is 0 Å². The van der Waals surface area contributed by atoms with Gasteiger partial charge in [-0.3, -0.25) is 4.68 Å². The predicted octanol–water partition coefficient (Wildman–Crippen LogP) is 4.13. The van der Waals surface area contributed by atoms with Crippen LogP contribution in [0.1, 0.15) is 32.2 Å². The summed E-state index contributed by atoms with van der Waals surface area (Å²) in [4.78, 5) is 0. The maximum Gasteiger partial charge on any atom is 0.459 e. The summed E-state index contributed by atoms with van der Waals surface area (Å²) >= 11 is 2.80. The van der Waals surface area contributed by atoms with Crippen LogP contribution in [0.25, 0.3) is 0 Å². The van der Waals surface area contributed by atoms with Crippen molar-refractivity contribution in [3.05, 3.63) is 15.9 Å². The largest absolute Gasteiger partial charge is 0.459 e. The first-order chi connectivity index (χ1) is 7.80. The molecule has 8 heteroatoms. The third kappa shape index (κ3) is 2.39. The molecule has 0 aliphatic carbocycles. The van der Waals surface area contributed by atoms with Crippen LogP contribution in [0.15, 0.2) is 4.47 Å². The lowest BCUT2D eigenvalue weighted by Gasteiger charge is -2.20. The fourth-order valence-electron chi connectivity index (χ4n) is 1.45. The van der Waals surface area contributed by atoms with Crippen LogP contribution in [0, 0.1) is 0 Å². The highest BCUT2D eigenvalue weighted by atomic mass is 79.9. The lowest BCUT2D eigenvalue weighted by molar-refractivity contribution is -0.292. The molecule has 0 aliphatic heterocycles. The zero-order valence-corrected chi connectivity index (χ0v) is 11.7. The van der Waals surface area contributed by atoms with Gasteiger partial charge in [-0.1, -0.05) is 20.8 Å². The Morgan fingerprint density at radius 1 is 1.06 bits per heavy atom. The molecule has 1 heterocycles. The first-order valence-corrected chi connectivity index (χ1v) is 5.77. The van der Waals surface area contributed by atoms with Gasteiger partial charge >= 0.3 is 12.1 Å². The summed E-state index contributed by atoms with van der Waals surface area (Å²) in [6.07, 6.45) is -5.65. The van der Waals surface area contributed by atoms with Crippen LogP contribution in [-0.4, -0.2) is 16.0 Å². The molecule has 0 spiro atoms. The molecule has 1 aromatic heterocycles. The summed E-state index contributed by atoms with van der Waals surface area (Å²) in [5.74, 6) is -4.95. The van der Waals surface area contributed by atoms with Crippen molar-refractivity contribution in [3.63, 3.8) is 0 Å². The second-order valence-corrected chi connectivity index (χ2v) is 5.75. The molecule has 0 fully saturated rings.